The number of esters is 1. The smallest absolute Gasteiger partial charge is 0.411 e. The number of hydrogen-bond donors (Lipinski definition) is 0. The zero-order valence-corrected chi connectivity index (χ0v) is 13.6. The van der Waals surface area contributed by atoms with Gasteiger partial charge in [-0.05, 0) is 41.0 Å². The van der Waals surface area contributed by atoms with Gasteiger partial charge in [0.05, 0.1) is 25.4 Å². The fraction of sp³-hybridized carbons (Fsp3) is 0.867. The van der Waals surface area contributed by atoms with Crippen LogP contribution in [0.15, 0.2) is 0 Å². The van der Waals surface area contributed by atoms with E-state index in [0.717, 1.165) is 6.42 Å². The number of nitrogens with zero attached hydrogens (tertiary/aromatic N) is 1. The molecular formula is C15H25NO5. The zero-order chi connectivity index (χ0) is 16.0. The van der Waals surface area contributed by atoms with Crippen LogP contribution in [0.2, 0.25) is 0 Å². The van der Waals surface area contributed by atoms with E-state index in [1.165, 1.54) is 12.0 Å². The Morgan fingerprint density at radius 2 is 1.90 bits per heavy atom. The molecule has 0 N–H and O–H groups in total. The van der Waals surface area contributed by atoms with Gasteiger partial charge in [-0.15, -0.1) is 0 Å². The van der Waals surface area contributed by atoms with Crippen molar-refractivity contribution in [2.24, 2.45) is 5.92 Å². The van der Waals surface area contributed by atoms with Crippen LogP contribution < -0.4 is 0 Å². The van der Waals surface area contributed by atoms with Crippen molar-refractivity contribution in [3.63, 3.8) is 0 Å². The van der Waals surface area contributed by atoms with Crippen LogP contribution in [0.4, 0.5) is 4.79 Å². The third kappa shape index (κ3) is 3.31. The highest BCUT2D eigenvalue weighted by molar-refractivity contribution is 5.83. The Morgan fingerprint density at radius 1 is 1.29 bits per heavy atom. The van der Waals surface area contributed by atoms with Gasteiger partial charge in [0.2, 0.25) is 0 Å². The molecule has 6 heteroatoms. The molecule has 1 amide bonds. The van der Waals surface area contributed by atoms with Crippen LogP contribution >= 0.6 is 0 Å². The van der Waals surface area contributed by atoms with E-state index in [9.17, 15) is 9.59 Å². The highest BCUT2D eigenvalue weighted by Gasteiger charge is 2.56. The number of amides is 1. The number of ether oxygens (including phenoxy) is 3. The van der Waals surface area contributed by atoms with Crippen molar-refractivity contribution in [1.29, 1.82) is 0 Å². The van der Waals surface area contributed by atoms with Crippen LogP contribution in [0.1, 0.15) is 41.0 Å². The first kappa shape index (κ1) is 16.1. The molecule has 0 bridgehead atoms. The normalized spacial score (nSPS) is 31.0. The van der Waals surface area contributed by atoms with Gasteiger partial charge in [-0.25, -0.2) is 9.59 Å². The van der Waals surface area contributed by atoms with Crippen molar-refractivity contribution in [1.82, 2.24) is 4.90 Å². The standard InChI is InChI=1S/C15H25NO5/c1-14(2,3)21-13(18)16-8-10-9(7-15(4,5)20-10)11(16)12(17)19-6/h9-11H,7-8H2,1-6H3. The number of hydrogen-bond acceptors (Lipinski definition) is 5. The van der Waals surface area contributed by atoms with E-state index in [1.54, 1.807) is 20.8 Å². The fourth-order valence-corrected chi connectivity index (χ4v) is 3.20. The molecule has 2 saturated heterocycles. The second-order valence-corrected chi connectivity index (χ2v) is 7.38. The first-order valence-electron chi connectivity index (χ1n) is 7.29. The van der Waals surface area contributed by atoms with Gasteiger partial charge in [-0.2, -0.15) is 0 Å². The molecule has 0 aromatic rings. The molecule has 0 radical (unpaired) electrons. The largest absolute Gasteiger partial charge is 0.467 e. The van der Waals surface area contributed by atoms with Gasteiger partial charge in [0.15, 0.2) is 0 Å². The van der Waals surface area contributed by atoms with Gasteiger partial charge in [0.1, 0.15) is 11.6 Å². The minimum Gasteiger partial charge on any atom is -0.467 e. The molecule has 0 aliphatic carbocycles. The van der Waals surface area contributed by atoms with Crippen LogP contribution in [0.25, 0.3) is 0 Å². The Hall–Kier alpha value is -1.30. The number of carbonyl (C=O) groups is 2. The fourth-order valence-electron chi connectivity index (χ4n) is 3.20. The summed E-state index contributed by atoms with van der Waals surface area (Å²) in [6.45, 7) is 9.76. The maximum Gasteiger partial charge on any atom is 0.411 e. The Labute approximate surface area is 125 Å². The maximum atomic E-state index is 12.3. The summed E-state index contributed by atoms with van der Waals surface area (Å²) in [4.78, 5) is 25.9. The summed E-state index contributed by atoms with van der Waals surface area (Å²) in [5.74, 6) is -0.449. The van der Waals surface area contributed by atoms with Crippen molar-refractivity contribution in [3.05, 3.63) is 0 Å². The molecule has 2 rings (SSSR count). The minimum absolute atomic E-state index is 0.0417. The Balaban J connectivity index is 2.19. The summed E-state index contributed by atoms with van der Waals surface area (Å²) in [6.07, 6.45) is 0.0850. The van der Waals surface area contributed by atoms with Gasteiger partial charge in [-0.3, -0.25) is 4.90 Å². The lowest BCUT2D eigenvalue weighted by Gasteiger charge is -2.30. The molecule has 2 fully saturated rings. The molecule has 3 atom stereocenters. The van der Waals surface area contributed by atoms with Gasteiger partial charge in [-0.1, -0.05) is 0 Å². The van der Waals surface area contributed by atoms with Crippen molar-refractivity contribution in [2.75, 3.05) is 13.7 Å². The molecule has 6 nitrogen and oxygen atoms in total. The molecule has 21 heavy (non-hydrogen) atoms. The first-order valence-corrected chi connectivity index (χ1v) is 7.29. The van der Waals surface area contributed by atoms with Crippen LogP contribution in [-0.2, 0) is 19.0 Å². The number of fused-ring (bicyclic) bond motifs is 1. The van der Waals surface area contributed by atoms with E-state index in [4.69, 9.17) is 14.2 Å². The van der Waals surface area contributed by atoms with E-state index in [2.05, 4.69) is 0 Å². The van der Waals surface area contributed by atoms with Crippen LogP contribution in [0.5, 0.6) is 0 Å². The lowest BCUT2D eigenvalue weighted by Crippen LogP contribution is -2.46. The number of carbonyl (C=O) groups excluding carboxylic acids is 2. The predicted molar refractivity (Wildman–Crippen MR) is 75.8 cm³/mol. The average Bonchev–Trinajstić information content (AvgIpc) is 2.77. The molecule has 0 aromatic heterocycles. The van der Waals surface area contributed by atoms with E-state index in [0.29, 0.717) is 6.54 Å². The third-order valence-corrected chi connectivity index (χ3v) is 3.86. The lowest BCUT2D eigenvalue weighted by molar-refractivity contribution is -0.147. The average molecular weight is 299 g/mol. The van der Waals surface area contributed by atoms with E-state index in [1.807, 2.05) is 13.8 Å². The van der Waals surface area contributed by atoms with Gasteiger partial charge in [0.25, 0.3) is 0 Å². The molecule has 120 valence electrons. The Bertz CT molecular complexity index is 440. The molecule has 3 unspecified atom stereocenters. The summed E-state index contributed by atoms with van der Waals surface area (Å²) < 4.78 is 16.2. The summed E-state index contributed by atoms with van der Waals surface area (Å²) in [7, 11) is 1.34. The summed E-state index contributed by atoms with van der Waals surface area (Å²) in [5, 5.41) is 0. The van der Waals surface area contributed by atoms with E-state index in [-0.39, 0.29) is 17.6 Å². The van der Waals surface area contributed by atoms with Gasteiger partial charge in [0, 0.05) is 5.92 Å². The van der Waals surface area contributed by atoms with E-state index >= 15 is 0 Å². The number of likely N-dealkylation sites (tertiary alicyclic amines) is 1. The zero-order valence-electron chi connectivity index (χ0n) is 13.6. The molecule has 2 aliphatic heterocycles. The topological polar surface area (TPSA) is 65.1 Å². The SMILES string of the molecule is COC(=O)C1C2CC(C)(C)OC2CN1C(=O)OC(C)(C)C. The molecule has 0 saturated carbocycles. The van der Waals surface area contributed by atoms with Crippen LogP contribution in [-0.4, -0.2) is 54.0 Å². The van der Waals surface area contributed by atoms with Crippen LogP contribution in [0.3, 0.4) is 0 Å². The first-order chi connectivity index (χ1) is 9.54. The maximum absolute atomic E-state index is 12.3. The molecule has 2 aliphatic rings. The van der Waals surface area contributed by atoms with E-state index < -0.39 is 23.7 Å². The van der Waals surface area contributed by atoms with Crippen molar-refractivity contribution in [3.8, 4) is 0 Å². The third-order valence-electron chi connectivity index (χ3n) is 3.86. The van der Waals surface area contributed by atoms with Crippen molar-refractivity contribution < 1.29 is 23.8 Å². The summed E-state index contributed by atoms with van der Waals surface area (Å²) in [5.41, 5.74) is -0.878. The second kappa shape index (κ2) is 5.16. The van der Waals surface area contributed by atoms with Crippen molar-refractivity contribution in [2.45, 2.75) is 64.4 Å². The summed E-state index contributed by atoms with van der Waals surface area (Å²) >= 11 is 0. The van der Waals surface area contributed by atoms with Crippen molar-refractivity contribution >= 4 is 12.1 Å². The van der Waals surface area contributed by atoms with Gasteiger partial charge < -0.3 is 14.2 Å². The van der Waals surface area contributed by atoms with Crippen LogP contribution in [0, 0.1) is 5.92 Å². The Kier molecular flexibility index (Phi) is 3.95. The molecule has 2 heterocycles. The quantitative estimate of drug-likeness (QED) is 0.693. The van der Waals surface area contributed by atoms with Gasteiger partial charge >= 0.3 is 12.1 Å². The highest BCUT2D eigenvalue weighted by atomic mass is 16.6. The second-order valence-electron chi connectivity index (χ2n) is 7.38. The monoisotopic (exact) mass is 299 g/mol. The predicted octanol–water partition coefficient (Wildman–Crippen LogP) is 1.96. The number of methoxy groups -OCH3 is 1. The summed E-state index contributed by atoms with van der Waals surface area (Å²) in [6, 6.07) is -0.628. The lowest BCUT2D eigenvalue weighted by atomic mass is 9.90. The molecule has 0 aromatic carbocycles. The Morgan fingerprint density at radius 3 is 2.43 bits per heavy atom. The minimum atomic E-state index is -0.628. The highest BCUT2D eigenvalue weighted by Crippen LogP contribution is 2.43. The molecule has 0 spiro atoms. The molecular weight excluding hydrogens is 274 g/mol. The number of rotatable bonds is 1.